The number of carbonyl (C=O) groups is 2. The van der Waals surface area contributed by atoms with Crippen molar-refractivity contribution in [3.8, 4) is 0 Å². The second-order valence-corrected chi connectivity index (χ2v) is 11.6. The van der Waals surface area contributed by atoms with Crippen molar-refractivity contribution in [3.05, 3.63) is 95.6 Å². The van der Waals surface area contributed by atoms with E-state index in [4.69, 9.17) is 0 Å². The first kappa shape index (κ1) is 29.9. The van der Waals surface area contributed by atoms with Crippen molar-refractivity contribution in [2.24, 2.45) is 0 Å². The van der Waals surface area contributed by atoms with Gasteiger partial charge in [0.2, 0.25) is 11.8 Å². The van der Waals surface area contributed by atoms with Gasteiger partial charge in [0.1, 0.15) is 12.6 Å². The molecule has 208 valence electrons. The predicted octanol–water partition coefficient (Wildman–Crippen LogP) is 5.08. The molecule has 3 aromatic rings. The van der Waals surface area contributed by atoms with Crippen LogP contribution in [0.15, 0.2) is 83.8 Å². The van der Waals surface area contributed by atoms with Crippen LogP contribution in [0.5, 0.6) is 0 Å². The van der Waals surface area contributed by atoms with Crippen molar-refractivity contribution in [2.75, 3.05) is 10.8 Å². The molecule has 7 nitrogen and oxygen atoms in total. The van der Waals surface area contributed by atoms with E-state index in [2.05, 4.69) is 5.32 Å². The average Bonchev–Trinajstić information content (AvgIpc) is 2.95. The lowest BCUT2D eigenvalue weighted by molar-refractivity contribution is -0.139. The normalized spacial score (nSPS) is 12.8. The summed E-state index contributed by atoms with van der Waals surface area (Å²) in [7, 11) is -4.07. The van der Waals surface area contributed by atoms with Crippen LogP contribution in [0.3, 0.4) is 0 Å². The maximum Gasteiger partial charge on any atom is 0.264 e. The molecule has 3 rings (SSSR count). The summed E-state index contributed by atoms with van der Waals surface area (Å²) in [6, 6.07) is 22.0. The number of nitrogens with zero attached hydrogens (tertiary/aromatic N) is 2. The highest BCUT2D eigenvalue weighted by Crippen LogP contribution is 2.25. The molecule has 3 aromatic carbocycles. The van der Waals surface area contributed by atoms with Gasteiger partial charge in [0.05, 0.1) is 10.6 Å². The summed E-state index contributed by atoms with van der Waals surface area (Å²) < 4.78 is 28.8. The standard InChI is InChI=1S/C31H39N3O4S/c1-6-24(4)32-31(36)25(5)33(21-27-14-12-11-13-23(27)3)30(35)22-34(28-19-17-26(7-2)18-20-28)39(37,38)29-15-9-8-10-16-29/h8-20,24-25H,6-7,21-22H2,1-5H3,(H,32,36)/t24-,25-/m0/s1. The van der Waals surface area contributed by atoms with Crippen LogP contribution in [0.25, 0.3) is 0 Å². The third kappa shape index (κ3) is 7.47. The lowest BCUT2D eigenvalue weighted by atomic mass is 10.1. The molecule has 0 saturated heterocycles. The predicted molar refractivity (Wildman–Crippen MR) is 156 cm³/mol. The van der Waals surface area contributed by atoms with Crippen molar-refractivity contribution in [1.82, 2.24) is 10.2 Å². The second-order valence-electron chi connectivity index (χ2n) is 9.79. The highest BCUT2D eigenvalue weighted by atomic mass is 32.2. The molecule has 1 N–H and O–H groups in total. The second kappa shape index (κ2) is 13.4. The molecule has 0 aliphatic heterocycles. The summed E-state index contributed by atoms with van der Waals surface area (Å²) in [6.45, 7) is 9.26. The number of hydrogen-bond acceptors (Lipinski definition) is 4. The van der Waals surface area contributed by atoms with Gasteiger partial charge in [-0.1, -0.05) is 68.4 Å². The molecule has 0 bridgehead atoms. The van der Waals surface area contributed by atoms with Crippen LogP contribution in [-0.4, -0.2) is 43.8 Å². The maximum absolute atomic E-state index is 14.0. The van der Waals surface area contributed by atoms with Crippen LogP contribution in [-0.2, 0) is 32.6 Å². The molecule has 0 heterocycles. The molecular weight excluding hydrogens is 510 g/mol. The Labute approximate surface area is 232 Å². The Kier molecular flexibility index (Phi) is 10.3. The molecule has 39 heavy (non-hydrogen) atoms. The van der Waals surface area contributed by atoms with E-state index < -0.39 is 28.5 Å². The van der Waals surface area contributed by atoms with E-state index in [1.54, 1.807) is 37.3 Å². The quantitative estimate of drug-likeness (QED) is 0.341. The SMILES string of the molecule is CCc1ccc(N(CC(=O)N(Cc2ccccc2C)[C@@H](C)C(=O)N[C@@H](C)CC)S(=O)(=O)c2ccccc2)cc1. The summed E-state index contributed by atoms with van der Waals surface area (Å²) in [5.74, 6) is -0.750. The van der Waals surface area contributed by atoms with Gasteiger partial charge in [0.15, 0.2) is 0 Å². The number of amides is 2. The average molecular weight is 550 g/mol. The van der Waals surface area contributed by atoms with E-state index in [0.717, 1.165) is 33.8 Å². The lowest BCUT2D eigenvalue weighted by Crippen LogP contribution is -2.52. The number of rotatable bonds is 12. The van der Waals surface area contributed by atoms with Crippen LogP contribution >= 0.6 is 0 Å². The van der Waals surface area contributed by atoms with Gasteiger partial charge < -0.3 is 10.2 Å². The smallest absolute Gasteiger partial charge is 0.264 e. The fourth-order valence-corrected chi connectivity index (χ4v) is 5.60. The Balaban J connectivity index is 2.02. The molecule has 2 amide bonds. The lowest BCUT2D eigenvalue weighted by Gasteiger charge is -2.32. The first-order chi connectivity index (χ1) is 18.6. The molecular formula is C31H39N3O4S. The van der Waals surface area contributed by atoms with E-state index in [9.17, 15) is 18.0 Å². The molecule has 0 aliphatic rings. The molecule has 0 spiro atoms. The third-order valence-corrected chi connectivity index (χ3v) is 8.80. The summed E-state index contributed by atoms with van der Waals surface area (Å²) in [4.78, 5) is 28.7. The highest BCUT2D eigenvalue weighted by molar-refractivity contribution is 7.92. The van der Waals surface area contributed by atoms with Crippen LogP contribution in [0.1, 0.15) is 50.8 Å². The molecule has 0 aromatic heterocycles. The van der Waals surface area contributed by atoms with Gasteiger partial charge in [-0.3, -0.25) is 13.9 Å². The topological polar surface area (TPSA) is 86.8 Å². The number of sulfonamides is 1. The molecule has 8 heteroatoms. The van der Waals surface area contributed by atoms with Crippen LogP contribution in [0.2, 0.25) is 0 Å². The van der Waals surface area contributed by atoms with Gasteiger partial charge in [0.25, 0.3) is 10.0 Å². The van der Waals surface area contributed by atoms with Crippen molar-refractivity contribution in [3.63, 3.8) is 0 Å². The summed E-state index contributed by atoms with van der Waals surface area (Å²) in [6.07, 6.45) is 1.55. The van der Waals surface area contributed by atoms with Gasteiger partial charge in [-0.15, -0.1) is 0 Å². The first-order valence-corrected chi connectivity index (χ1v) is 14.8. The Morgan fingerprint density at radius 3 is 2.08 bits per heavy atom. The molecule has 0 radical (unpaired) electrons. The Morgan fingerprint density at radius 1 is 0.872 bits per heavy atom. The fraction of sp³-hybridized carbons (Fsp3) is 0.355. The largest absolute Gasteiger partial charge is 0.352 e. The minimum atomic E-state index is -4.07. The first-order valence-electron chi connectivity index (χ1n) is 13.4. The molecule has 0 aliphatic carbocycles. The van der Waals surface area contributed by atoms with E-state index in [1.807, 2.05) is 64.1 Å². The molecule has 0 unspecified atom stereocenters. The highest BCUT2D eigenvalue weighted by Gasteiger charge is 2.32. The van der Waals surface area contributed by atoms with E-state index in [-0.39, 0.29) is 23.4 Å². The minimum absolute atomic E-state index is 0.0533. The summed E-state index contributed by atoms with van der Waals surface area (Å²) in [5.41, 5.74) is 3.31. The zero-order chi connectivity index (χ0) is 28.6. The fourth-order valence-electron chi connectivity index (χ4n) is 4.17. The van der Waals surface area contributed by atoms with Crippen LogP contribution in [0, 0.1) is 6.92 Å². The zero-order valence-corrected chi connectivity index (χ0v) is 24.2. The van der Waals surface area contributed by atoms with Gasteiger partial charge in [-0.25, -0.2) is 8.42 Å². The monoisotopic (exact) mass is 549 g/mol. The Hall–Kier alpha value is -3.65. The number of anilines is 1. The van der Waals surface area contributed by atoms with E-state index in [1.165, 1.54) is 17.0 Å². The Bertz CT molecular complexity index is 1360. The molecule has 2 atom stereocenters. The van der Waals surface area contributed by atoms with Crippen molar-refractivity contribution in [2.45, 2.75) is 71.0 Å². The summed E-state index contributed by atoms with van der Waals surface area (Å²) >= 11 is 0. The number of hydrogen-bond donors (Lipinski definition) is 1. The Morgan fingerprint density at radius 2 is 1.49 bits per heavy atom. The van der Waals surface area contributed by atoms with Crippen LogP contribution in [0.4, 0.5) is 5.69 Å². The minimum Gasteiger partial charge on any atom is -0.352 e. The molecule has 0 fully saturated rings. The van der Waals surface area contributed by atoms with Crippen molar-refractivity contribution >= 4 is 27.5 Å². The number of benzene rings is 3. The van der Waals surface area contributed by atoms with Gasteiger partial charge in [0, 0.05) is 12.6 Å². The number of carbonyl (C=O) groups excluding carboxylic acids is 2. The third-order valence-electron chi connectivity index (χ3n) is 7.01. The van der Waals surface area contributed by atoms with Crippen molar-refractivity contribution < 1.29 is 18.0 Å². The summed E-state index contributed by atoms with van der Waals surface area (Å²) in [5, 5.41) is 2.95. The maximum atomic E-state index is 14.0. The zero-order valence-electron chi connectivity index (χ0n) is 23.4. The van der Waals surface area contributed by atoms with E-state index >= 15 is 0 Å². The van der Waals surface area contributed by atoms with Gasteiger partial charge in [-0.2, -0.15) is 0 Å². The molecule has 0 saturated carbocycles. The number of nitrogens with one attached hydrogen (secondary N) is 1. The van der Waals surface area contributed by atoms with E-state index in [0.29, 0.717) is 5.69 Å². The van der Waals surface area contributed by atoms with Crippen molar-refractivity contribution in [1.29, 1.82) is 0 Å². The van der Waals surface area contributed by atoms with Crippen LogP contribution < -0.4 is 9.62 Å². The number of aryl methyl sites for hydroxylation is 2. The van der Waals surface area contributed by atoms with Gasteiger partial charge >= 0.3 is 0 Å². The van der Waals surface area contributed by atoms with Gasteiger partial charge in [-0.05, 0) is 74.6 Å².